The molecule has 8 heteroatoms. The highest BCUT2D eigenvalue weighted by Gasteiger charge is 2.55. The van der Waals surface area contributed by atoms with Gasteiger partial charge in [0, 0.05) is 11.5 Å². The van der Waals surface area contributed by atoms with Crippen molar-refractivity contribution in [2.45, 2.75) is 25.3 Å². The Bertz CT molecular complexity index is 1140. The van der Waals surface area contributed by atoms with Gasteiger partial charge in [0.2, 0.25) is 0 Å². The third-order valence-corrected chi connectivity index (χ3v) is 6.45. The van der Waals surface area contributed by atoms with E-state index in [4.69, 9.17) is 9.84 Å². The van der Waals surface area contributed by atoms with E-state index in [0.717, 1.165) is 17.6 Å². The Hall–Kier alpha value is -3.94. The van der Waals surface area contributed by atoms with Crippen LogP contribution in [0, 0.1) is 11.3 Å². The molecule has 170 valence electrons. The lowest BCUT2D eigenvalue weighted by Crippen LogP contribution is -2.34. The lowest BCUT2D eigenvalue weighted by molar-refractivity contribution is -0.146. The molecule has 1 aliphatic heterocycles. The van der Waals surface area contributed by atoms with Crippen molar-refractivity contribution in [3.8, 4) is 0 Å². The van der Waals surface area contributed by atoms with Crippen LogP contribution in [0.3, 0.4) is 0 Å². The van der Waals surface area contributed by atoms with E-state index in [2.05, 4.69) is 11.9 Å². The fraction of sp³-hybridized carbons (Fsp3) is 0.280. The molecule has 2 fully saturated rings. The van der Waals surface area contributed by atoms with Crippen molar-refractivity contribution in [2.75, 3.05) is 6.61 Å². The zero-order valence-corrected chi connectivity index (χ0v) is 17.7. The zero-order chi connectivity index (χ0) is 23.8. The van der Waals surface area contributed by atoms with Crippen molar-refractivity contribution < 1.29 is 34.1 Å². The number of benzene rings is 2. The summed E-state index contributed by atoms with van der Waals surface area (Å²) in [6, 6.07) is 10.6. The molecule has 33 heavy (non-hydrogen) atoms. The van der Waals surface area contributed by atoms with Gasteiger partial charge in [0.1, 0.15) is 0 Å². The Morgan fingerprint density at radius 3 is 2.30 bits per heavy atom. The molecule has 3 N–H and O–H groups in total. The van der Waals surface area contributed by atoms with Gasteiger partial charge in [-0.1, -0.05) is 36.4 Å². The number of carboxylic acids is 2. The highest BCUT2D eigenvalue weighted by Crippen LogP contribution is 2.52. The van der Waals surface area contributed by atoms with Gasteiger partial charge in [0.25, 0.3) is 5.91 Å². The summed E-state index contributed by atoms with van der Waals surface area (Å²) in [5, 5.41) is 21.0. The number of aliphatic carboxylic acids is 1. The quantitative estimate of drug-likeness (QED) is 0.438. The standard InChI is InChI=1S/C25H23NO7/c1-14-10-19-13-33-24(32)25(19,11-14)12-15-2-4-17(5-3-15)21(27)26-20(23(30)31)16-6-8-18(9-7-16)22(28)29/h2-9,19-20H,1,10-13H2,(H,26,27)(H,28,29)(H,30,31). The number of carbonyl (C=O) groups excluding carboxylic acids is 2. The van der Waals surface area contributed by atoms with E-state index in [9.17, 15) is 24.3 Å². The Labute approximate surface area is 189 Å². The summed E-state index contributed by atoms with van der Waals surface area (Å²) in [5.41, 5.74) is 1.86. The normalized spacial score (nSPS) is 22.4. The molecule has 1 saturated heterocycles. The summed E-state index contributed by atoms with van der Waals surface area (Å²) in [7, 11) is 0. The number of carboxylic acid groups (broad SMARTS) is 2. The van der Waals surface area contributed by atoms with Crippen LogP contribution in [0.25, 0.3) is 0 Å². The number of nitrogens with one attached hydrogen (secondary N) is 1. The van der Waals surface area contributed by atoms with Crippen molar-refractivity contribution in [1.29, 1.82) is 0 Å². The first-order valence-corrected chi connectivity index (χ1v) is 10.5. The Morgan fingerprint density at radius 1 is 1.06 bits per heavy atom. The molecule has 2 aromatic carbocycles. The minimum absolute atomic E-state index is 0.0171. The first-order chi connectivity index (χ1) is 15.7. The van der Waals surface area contributed by atoms with Crippen LogP contribution in [0.2, 0.25) is 0 Å². The maximum atomic E-state index is 12.7. The van der Waals surface area contributed by atoms with E-state index < -0.39 is 29.3 Å². The van der Waals surface area contributed by atoms with Gasteiger partial charge in [-0.05, 0) is 54.7 Å². The topological polar surface area (TPSA) is 130 Å². The number of carbonyl (C=O) groups is 4. The summed E-state index contributed by atoms with van der Waals surface area (Å²) in [4.78, 5) is 47.9. The number of hydrogen-bond acceptors (Lipinski definition) is 5. The Kier molecular flexibility index (Phi) is 5.76. The molecule has 3 atom stereocenters. The van der Waals surface area contributed by atoms with E-state index in [1.165, 1.54) is 24.3 Å². The van der Waals surface area contributed by atoms with Gasteiger partial charge < -0.3 is 20.3 Å². The van der Waals surface area contributed by atoms with Gasteiger partial charge >= 0.3 is 17.9 Å². The predicted octanol–water partition coefficient (Wildman–Crippen LogP) is 2.99. The second kappa shape index (κ2) is 8.54. The Balaban J connectivity index is 1.47. The summed E-state index contributed by atoms with van der Waals surface area (Å²) in [6.45, 7) is 4.44. The van der Waals surface area contributed by atoms with E-state index >= 15 is 0 Å². The van der Waals surface area contributed by atoms with Gasteiger partial charge in [-0.25, -0.2) is 9.59 Å². The van der Waals surface area contributed by atoms with Crippen LogP contribution >= 0.6 is 0 Å². The van der Waals surface area contributed by atoms with E-state index in [1.807, 2.05) is 0 Å². The molecule has 0 bridgehead atoms. The predicted molar refractivity (Wildman–Crippen MR) is 117 cm³/mol. The smallest absolute Gasteiger partial charge is 0.335 e. The highest BCUT2D eigenvalue weighted by atomic mass is 16.5. The molecule has 0 aromatic heterocycles. The zero-order valence-electron chi connectivity index (χ0n) is 17.7. The van der Waals surface area contributed by atoms with Crippen molar-refractivity contribution >= 4 is 23.8 Å². The second-order valence-corrected chi connectivity index (χ2v) is 8.63. The summed E-state index contributed by atoms with van der Waals surface area (Å²) < 4.78 is 5.30. The van der Waals surface area contributed by atoms with Crippen molar-refractivity contribution in [3.05, 3.63) is 82.9 Å². The van der Waals surface area contributed by atoms with Crippen molar-refractivity contribution in [3.63, 3.8) is 0 Å². The van der Waals surface area contributed by atoms with Crippen LogP contribution in [-0.4, -0.2) is 40.6 Å². The number of ether oxygens (including phenoxy) is 1. The molecule has 8 nitrogen and oxygen atoms in total. The number of aromatic carboxylic acids is 1. The first kappa shape index (κ1) is 22.3. The van der Waals surface area contributed by atoms with E-state index in [-0.39, 0.29) is 28.6 Å². The average Bonchev–Trinajstić information content (AvgIpc) is 3.25. The minimum Gasteiger partial charge on any atom is -0.479 e. The summed E-state index contributed by atoms with van der Waals surface area (Å²) in [5.74, 6) is -3.07. The SMILES string of the molecule is C=C1CC2COC(=O)C2(Cc2ccc(C(=O)NC(C(=O)O)c3ccc(C(=O)O)cc3)cc2)C1. The number of allylic oxidation sites excluding steroid dienone is 1. The number of rotatable bonds is 7. The molecule has 0 spiro atoms. The number of fused-ring (bicyclic) bond motifs is 1. The molecule has 2 aromatic rings. The number of amides is 1. The van der Waals surface area contributed by atoms with Gasteiger partial charge in [-0.3, -0.25) is 9.59 Å². The molecule has 1 heterocycles. The summed E-state index contributed by atoms with van der Waals surface area (Å²) >= 11 is 0. The average molecular weight is 449 g/mol. The fourth-order valence-electron chi connectivity index (χ4n) is 4.72. The van der Waals surface area contributed by atoms with Gasteiger partial charge in [0.05, 0.1) is 17.6 Å². The molecule has 2 aliphatic rings. The third-order valence-electron chi connectivity index (χ3n) is 6.45. The molecule has 3 unspecified atom stereocenters. The summed E-state index contributed by atoms with van der Waals surface area (Å²) in [6.07, 6.45) is 1.86. The maximum absolute atomic E-state index is 12.7. The molecule has 1 aliphatic carbocycles. The van der Waals surface area contributed by atoms with Gasteiger partial charge in [-0.2, -0.15) is 0 Å². The van der Waals surface area contributed by atoms with Crippen LogP contribution in [-0.2, 0) is 20.7 Å². The van der Waals surface area contributed by atoms with Crippen LogP contribution in [0.4, 0.5) is 0 Å². The lowest BCUT2D eigenvalue weighted by Gasteiger charge is -2.24. The Morgan fingerprint density at radius 2 is 1.70 bits per heavy atom. The van der Waals surface area contributed by atoms with Crippen LogP contribution in [0.1, 0.15) is 50.7 Å². The molecule has 1 saturated carbocycles. The number of cyclic esters (lactones) is 1. The third kappa shape index (κ3) is 4.24. The second-order valence-electron chi connectivity index (χ2n) is 8.63. The van der Waals surface area contributed by atoms with E-state index in [1.54, 1.807) is 24.3 Å². The lowest BCUT2D eigenvalue weighted by atomic mass is 9.75. The largest absolute Gasteiger partial charge is 0.479 e. The maximum Gasteiger partial charge on any atom is 0.335 e. The molecule has 1 amide bonds. The molecular formula is C25H23NO7. The number of hydrogen-bond donors (Lipinski definition) is 3. The van der Waals surface area contributed by atoms with Crippen LogP contribution < -0.4 is 5.32 Å². The van der Waals surface area contributed by atoms with E-state index in [0.29, 0.717) is 19.4 Å². The van der Waals surface area contributed by atoms with Gasteiger partial charge in [0.15, 0.2) is 6.04 Å². The fourth-order valence-corrected chi connectivity index (χ4v) is 4.72. The monoisotopic (exact) mass is 449 g/mol. The van der Waals surface area contributed by atoms with Gasteiger partial charge in [-0.15, -0.1) is 0 Å². The highest BCUT2D eigenvalue weighted by molar-refractivity contribution is 5.97. The number of esters is 1. The van der Waals surface area contributed by atoms with Crippen LogP contribution in [0.5, 0.6) is 0 Å². The van der Waals surface area contributed by atoms with Crippen molar-refractivity contribution in [1.82, 2.24) is 5.32 Å². The molecular weight excluding hydrogens is 426 g/mol. The first-order valence-electron chi connectivity index (χ1n) is 10.5. The van der Waals surface area contributed by atoms with Crippen LogP contribution in [0.15, 0.2) is 60.7 Å². The van der Waals surface area contributed by atoms with Crippen molar-refractivity contribution in [2.24, 2.45) is 11.3 Å². The molecule has 4 rings (SSSR count). The minimum atomic E-state index is -1.34. The molecule has 0 radical (unpaired) electrons.